The monoisotopic (exact) mass is 309 g/mol. The van der Waals surface area contributed by atoms with Crippen molar-refractivity contribution in [2.24, 2.45) is 5.92 Å². The Morgan fingerprint density at radius 2 is 2.00 bits per heavy atom. The number of aliphatic carboxylic acids is 1. The van der Waals surface area contributed by atoms with Crippen LogP contribution in [0.15, 0.2) is 0 Å². The summed E-state index contributed by atoms with van der Waals surface area (Å²) in [7, 11) is -3.50. The van der Waals surface area contributed by atoms with Gasteiger partial charge in [0.05, 0.1) is 32.0 Å². The maximum absolute atomic E-state index is 11.1. The van der Waals surface area contributed by atoms with Gasteiger partial charge in [-0.15, -0.1) is 0 Å². The average Bonchev–Trinajstić information content (AvgIpc) is 2.36. The number of nitrogens with zero attached hydrogens (tertiary/aromatic N) is 1. The lowest BCUT2D eigenvalue weighted by molar-refractivity contribution is -0.142. The summed E-state index contributed by atoms with van der Waals surface area (Å²) in [4.78, 5) is 13.3. The van der Waals surface area contributed by atoms with Gasteiger partial charge in [0.1, 0.15) is 0 Å². The van der Waals surface area contributed by atoms with E-state index in [1.807, 2.05) is 0 Å². The second-order valence-electron chi connectivity index (χ2n) is 4.95. The molecular formula is C12H23NO6S. The molecule has 7 nitrogen and oxygen atoms in total. The van der Waals surface area contributed by atoms with Gasteiger partial charge in [0.15, 0.2) is 0 Å². The Bertz CT molecular complexity index is 391. The van der Waals surface area contributed by atoms with E-state index in [-0.39, 0.29) is 13.0 Å². The summed E-state index contributed by atoms with van der Waals surface area (Å²) < 4.78 is 31.5. The predicted molar refractivity (Wildman–Crippen MR) is 73.0 cm³/mol. The molecule has 0 amide bonds. The van der Waals surface area contributed by atoms with E-state index in [4.69, 9.17) is 9.84 Å². The molecule has 1 rings (SSSR count). The van der Waals surface area contributed by atoms with Crippen molar-refractivity contribution in [1.29, 1.82) is 0 Å². The number of carboxylic acids is 1. The zero-order valence-corrected chi connectivity index (χ0v) is 12.6. The van der Waals surface area contributed by atoms with Crippen LogP contribution in [-0.4, -0.2) is 70.1 Å². The van der Waals surface area contributed by atoms with Gasteiger partial charge in [-0.05, 0) is 25.8 Å². The van der Waals surface area contributed by atoms with Crippen LogP contribution in [0.5, 0.6) is 0 Å². The van der Waals surface area contributed by atoms with Crippen molar-refractivity contribution in [2.45, 2.75) is 19.3 Å². The maximum atomic E-state index is 11.1. The topological polar surface area (TPSA) is 93.1 Å². The number of carboxylic acid groups (broad SMARTS) is 1. The molecule has 0 aromatic carbocycles. The second kappa shape index (κ2) is 8.56. The molecule has 0 saturated carbocycles. The van der Waals surface area contributed by atoms with E-state index in [1.54, 1.807) is 0 Å². The first-order valence-electron chi connectivity index (χ1n) is 6.76. The van der Waals surface area contributed by atoms with Crippen LogP contribution in [-0.2, 0) is 23.8 Å². The standard InChI is InChI=1S/C12H23NO6S/c1-20(16,17)19-8-4-11(12(14)15)3-2-5-13-6-9-18-10-7-13/h11H,2-10H2,1H3,(H,14,15). The third kappa shape index (κ3) is 7.78. The smallest absolute Gasteiger partial charge is 0.306 e. The van der Waals surface area contributed by atoms with E-state index in [0.717, 1.165) is 45.5 Å². The molecule has 118 valence electrons. The lowest BCUT2D eigenvalue weighted by Gasteiger charge is -2.26. The average molecular weight is 309 g/mol. The second-order valence-corrected chi connectivity index (χ2v) is 6.59. The van der Waals surface area contributed by atoms with Gasteiger partial charge in [0.2, 0.25) is 0 Å². The van der Waals surface area contributed by atoms with Gasteiger partial charge in [-0.2, -0.15) is 8.42 Å². The predicted octanol–water partition coefficient (Wildman–Crippen LogP) is 0.166. The fourth-order valence-electron chi connectivity index (χ4n) is 2.12. The molecule has 1 saturated heterocycles. The van der Waals surface area contributed by atoms with Crippen LogP contribution in [0.25, 0.3) is 0 Å². The molecule has 0 spiro atoms. The minimum atomic E-state index is -3.50. The quantitative estimate of drug-likeness (QED) is 0.607. The highest BCUT2D eigenvalue weighted by atomic mass is 32.2. The third-order valence-corrected chi connectivity index (χ3v) is 3.84. The summed E-state index contributed by atoms with van der Waals surface area (Å²) in [6.07, 6.45) is 2.47. The summed E-state index contributed by atoms with van der Waals surface area (Å²) in [5.74, 6) is -1.46. The molecule has 0 aromatic heterocycles. The molecule has 0 aliphatic carbocycles. The SMILES string of the molecule is CS(=O)(=O)OCCC(CCCN1CCOCC1)C(=O)O. The maximum Gasteiger partial charge on any atom is 0.306 e. The molecule has 1 aliphatic heterocycles. The number of hydrogen-bond donors (Lipinski definition) is 1. The lowest BCUT2D eigenvalue weighted by Crippen LogP contribution is -2.37. The highest BCUT2D eigenvalue weighted by Gasteiger charge is 2.19. The first kappa shape index (κ1) is 17.4. The molecule has 0 aromatic rings. The zero-order chi connectivity index (χ0) is 15.0. The molecule has 1 aliphatic rings. The van der Waals surface area contributed by atoms with Crippen molar-refractivity contribution in [1.82, 2.24) is 4.90 Å². The highest BCUT2D eigenvalue weighted by Crippen LogP contribution is 2.13. The fourth-order valence-corrected chi connectivity index (χ4v) is 2.52. The van der Waals surface area contributed by atoms with Gasteiger partial charge < -0.3 is 9.84 Å². The van der Waals surface area contributed by atoms with Crippen LogP contribution in [0.3, 0.4) is 0 Å². The number of ether oxygens (including phenoxy) is 1. The van der Waals surface area contributed by atoms with Gasteiger partial charge in [0.25, 0.3) is 10.1 Å². The van der Waals surface area contributed by atoms with Crippen molar-refractivity contribution in [2.75, 3.05) is 45.7 Å². The van der Waals surface area contributed by atoms with E-state index >= 15 is 0 Å². The van der Waals surface area contributed by atoms with Crippen LogP contribution in [0.4, 0.5) is 0 Å². The van der Waals surface area contributed by atoms with Crippen molar-refractivity contribution < 1.29 is 27.2 Å². The fraction of sp³-hybridized carbons (Fsp3) is 0.917. The Morgan fingerprint density at radius 1 is 1.35 bits per heavy atom. The van der Waals surface area contributed by atoms with Crippen LogP contribution in [0.2, 0.25) is 0 Å². The minimum absolute atomic E-state index is 0.0760. The Hall–Kier alpha value is -0.700. The molecule has 0 radical (unpaired) electrons. The largest absolute Gasteiger partial charge is 0.481 e. The zero-order valence-electron chi connectivity index (χ0n) is 11.8. The van der Waals surface area contributed by atoms with Crippen molar-refractivity contribution in [3.05, 3.63) is 0 Å². The van der Waals surface area contributed by atoms with Gasteiger partial charge in [-0.3, -0.25) is 13.9 Å². The molecule has 1 N–H and O–H groups in total. The van der Waals surface area contributed by atoms with E-state index < -0.39 is 22.0 Å². The highest BCUT2D eigenvalue weighted by molar-refractivity contribution is 7.85. The molecule has 8 heteroatoms. The number of carbonyl (C=O) groups is 1. The van der Waals surface area contributed by atoms with E-state index in [0.29, 0.717) is 6.42 Å². The van der Waals surface area contributed by atoms with Crippen LogP contribution in [0.1, 0.15) is 19.3 Å². The van der Waals surface area contributed by atoms with Crippen molar-refractivity contribution in [3.63, 3.8) is 0 Å². The summed E-state index contributed by atoms with van der Waals surface area (Å²) in [5.41, 5.74) is 0. The van der Waals surface area contributed by atoms with E-state index in [9.17, 15) is 13.2 Å². The summed E-state index contributed by atoms with van der Waals surface area (Å²) >= 11 is 0. The van der Waals surface area contributed by atoms with E-state index in [1.165, 1.54) is 0 Å². The van der Waals surface area contributed by atoms with Crippen molar-refractivity contribution in [3.8, 4) is 0 Å². The van der Waals surface area contributed by atoms with Crippen LogP contribution < -0.4 is 0 Å². The summed E-state index contributed by atoms with van der Waals surface area (Å²) in [6.45, 7) is 3.99. The summed E-state index contributed by atoms with van der Waals surface area (Å²) in [5, 5.41) is 9.10. The van der Waals surface area contributed by atoms with Crippen LogP contribution in [0, 0.1) is 5.92 Å². The molecule has 20 heavy (non-hydrogen) atoms. The first-order valence-corrected chi connectivity index (χ1v) is 8.57. The summed E-state index contributed by atoms with van der Waals surface area (Å²) in [6, 6.07) is 0. The van der Waals surface area contributed by atoms with E-state index in [2.05, 4.69) is 9.08 Å². The molecule has 1 unspecified atom stereocenters. The molecule has 1 fully saturated rings. The minimum Gasteiger partial charge on any atom is -0.481 e. The molecular weight excluding hydrogens is 286 g/mol. The Labute approximate surface area is 120 Å². The molecule has 1 atom stereocenters. The Kier molecular flexibility index (Phi) is 7.42. The Morgan fingerprint density at radius 3 is 2.55 bits per heavy atom. The lowest BCUT2D eigenvalue weighted by atomic mass is 10.00. The first-order chi connectivity index (χ1) is 9.38. The van der Waals surface area contributed by atoms with Gasteiger partial charge in [0, 0.05) is 13.1 Å². The van der Waals surface area contributed by atoms with Gasteiger partial charge in [-0.1, -0.05) is 0 Å². The molecule has 1 heterocycles. The third-order valence-electron chi connectivity index (χ3n) is 3.24. The van der Waals surface area contributed by atoms with Gasteiger partial charge in [-0.25, -0.2) is 0 Å². The van der Waals surface area contributed by atoms with Gasteiger partial charge >= 0.3 is 5.97 Å². The molecule has 0 bridgehead atoms. The number of hydrogen-bond acceptors (Lipinski definition) is 6. The normalized spacial score (nSPS) is 18.9. The Balaban J connectivity index is 2.22. The van der Waals surface area contributed by atoms with Crippen LogP contribution >= 0.6 is 0 Å². The number of rotatable bonds is 9. The number of morpholine rings is 1. The van der Waals surface area contributed by atoms with Crippen molar-refractivity contribution >= 4 is 16.1 Å².